The fourth-order valence-corrected chi connectivity index (χ4v) is 1.96. The number of nitrogens with one attached hydrogen (secondary N) is 1. The quantitative estimate of drug-likeness (QED) is 0.842. The van der Waals surface area contributed by atoms with Crippen LogP contribution in [-0.2, 0) is 6.54 Å². The van der Waals surface area contributed by atoms with Gasteiger partial charge in [0.25, 0.3) is 0 Å². The van der Waals surface area contributed by atoms with Crippen molar-refractivity contribution in [1.29, 1.82) is 0 Å². The molecule has 1 unspecified atom stereocenters. The van der Waals surface area contributed by atoms with Crippen molar-refractivity contribution in [1.82, 2.24) is 15.5 Å². The van der Waals surface area contributed by atoms with Crippen molar-refractivity contribution < 1.29 is 14.4 Å². The van der Waals surface area contributed by atoms with E-state index in [4.69, 9.17) is 9.63 Å². The fourth-order valence-electron chi connectivity index (χ4n) is 1.29. The molecule has 0 amide bonds. The van der Waals surface area contributed by atoms with Crippen LogP contribution in [0.25, 0.3) is 0 Å². The number of carbonyl (C=O) groups is 1. The summed E-state index contributed by atoms with van der Waals surface area (Å²) in [7, 11) is 0. The average molecular weight is 253 g/mol. The molecule has 0 bridgehead atoms. The smallest absolute Gasteiger partial charge is 0.358 e. The predicted octanol–water partition coefficient (Wildman–Crippen LogP) is 1.68. The van der Waals surface area contributed by atoms with Gasteiger partial charge in [-0.25, -0.2) is 9.78 Å². The largest absolute Gasteiger partial charge is 0.476 e. The summed E-state index contributed by atoms with van der Waals surface area (Å²) >= 11 is 1.56. The van der Waals surface area contributed by atoms with Gasteiger partial charge >= 0.3 is 5.97 Å². The van der Waals surface area contributed by atoms with Crippen LogP contribution < -0.4 is 5.32 Å². The lowest BCUT2D eigenvalue weighted by Gasteiger charge is -2.08. The number of nitrogens with zero attached hydrogens (tertiary/aromatic N) is 2. The molecule has 0 saturated heterocycles. The third kappa shape index (κ3) is 2.89. The number of aromatic nitrogens is 2. The van der Waals surface area contributed by atoms with Crippen LogP contribution in [0.2, 0.25) is 0 Å². The Morgan fingerprint density at radius 1 is 1.71 bits per heavy atom. The van der Waals surface area contributed by atoms with E-state index in [1.165, 1.54) is 6.07 Å². The Hall–Kier alpha value is -1.73. The average Bonchev–Trinajstić information content (AvgIpc) is 2.97. The number of hydrogen-bond acceptors (Lipinski definition) is 6. The number of hydrogen-bond donors (Lipinski definition) is 2. The van der Waals surface area contributed by atoms with Crippen LogP contribution >= 0.6 is 11.3 Å². The van der Waals surface area contributed by atoms with Crippen molar-refractivity contribution in [2.24, 2.45) is 0 Å². The number of carboxylic acid groups (broad SMARTS) is 1. The molecule has 2 aromatic rings. The highest BCUT2D eigenvalue weighted by Crippen LogP contribution is 2.15. The number of carboxylic acids is 1. The van der Waals surface area contributed by atoms with Crippen LogP contribution in [0, 0.1) is 0 Å². The van der Waals surface area contributed by atoms with Gasteiger partial charge in [-0.2, -0.15) is 0 Å². The van der Waals surface area contributed by atoms with Crippen molar-refractivity contribution in [2.45, 2.75) is 19.5 Å². The maximum absolute atomic E-state index is 10.6. The van der Waals surface area contributed by atoms with Gasteiger partial charge in [0, 0.05) is 17.6 Å². The Labute approximate surface area is 101 Å². The van der Waals surface area contributed by atoms with E-state index in [-0.39, 0.29) is 11.7 Å². The van der Waals surface area contributed by atoms with Gasteiger partial charge in [0.05, 0.1) is 12.6 Å². The molecule has 0 aromatic carbocycles. The summed E-state index contributed by atoms with van der Waals surface area (Å²) < 4.78 is 4.88. The monoisotopic (exact) mass is 253 g/mol. The molecule has 2 aromatic heterocycles. The van der Waals surface area contributed by atoms with Crippen molar-refractivity contribution in [2.75, 3.05) is 0 Å². The molecule has 0 aliphatic rings. The molecule has 90 valence electrons. The molecular weight excluding hydrogens is 242 g/mol. The van der Waals surface area contributed by atoms with Gasteiger partial charge in [-0.1, -0.05) is 5.16 Å². The maximum atomic E-state index is 10.6. The number of aromatic carboxylic acids is 1. The summed E-state index contributed by atoms with van der Waals surface area (Å²) in [6.45, 7) is 2.40. The molecule has 2 heterocycles. The first-order valence-corrected chi connectivity index (χ1v) is 5.86. The molecule has 6 nitrogen and oxygen atoms in total. The number of rotatable bonds is 5. The highest BCUT2D eigenvalue weighted by Gasteiger charge is 2.12. The summed E-state index contributed by atoms with van der Waals surface area (Å²) in [5, 5.41) is 18.2. The molecule has 0 radical (unpaired) electrons. The second-order valence-corrected chi connectivity index (χ2v) is 4.38. The minimum Gasteiger partial charge on any atom is -0.476 e. The normalized spacial score (nSPS) is 12.5. The second-order valence-electron chi connectivity index (χ2n) is 3.46. The molecule has 0 aliphatic carbocycles. The summed E-state index contributed by atoms with van der Waals surface area (Å²) in [5.41, 5.74) is -0.0799. The molecule has 7 heteroatoms. The predicted molar refractivity (Wildman–Crippen MR) is 60.8 cm³/mol. The molecule has 17 heavy (non-hydrogen) atoms. The molecule has 0 fully saturated rings. The van der Waals surface area contributed by atoms with E-state index >= 15 is 0 Å². The van der Waals surface area contributed by atoms with Gasteiger partial charge < -0.3 is 14.9 Å². The molecule has 2 N–H and O–H groups in total. The molecule has 0 aliphatic heterocycles. The molecule has 0 saturated carbocycles. The zero-order valence-electron chi connectivity index (χ0n) is 9.08. The van der Waals surface area contributed by atoms with E-state index < -0.39 is 5.97 Å². The minimum atomic E-state index is -1.09. The first kappa shape index (κ1) is 11.7. The zero-order valence-corrected chi connectivity index (χ0v) is 9.90. The Morgan fingerprint density at radius 2 is 2.53 bits per heavy atom. The van der Waals surface area contributed by atoms with Crippen LogP contribution in [0.3, 0.4) is 0 Å². The lowest BCUT2D eigenvalue weighted by Crippen LogP contribution is -2.17. The van der Waals surface area contributed by atoms with Crippen LogP contribution in [0.15, 0.2) is 22.2 Å². The zero-order chi connectivity index (χ0) is 12.3. The topological polar surface area (TPSA) is 88.2 Å². The van der Waals surface area contributed by atoms with Crippen molar-refractivity contribution in [3.8, 4) is 0 Å². The molecule has 2 rings (SSSR count). The van der Waals surface area contributed by atoms with E-state index in [1.807, 2.05) is 12.3 Å². The minimum absolute atomic E-state index is 0.0799. The maximum Gasteiger partial charge on any atom is 0.358 e. The Balaban J connectivity index is 1.91. The van der Waals surface area contributed by atoms with Crippen LogP contribution in [0.5, 0.6) is 0 Å². The van der Waals surface area contributed by atoms with Crippen LogP contribution in [0.1, 0.15) is 34.2 Å². The van der Waals surface area contributed by atoms with Crippen LogP contribution in [-0.4, -0.2) is 21.2 Å². The summed E-state index contributed by atoms with van der Waals surface area (Å²) in [4.78, 5) is 14.8. The van der Waals surface area contributed by atoms with Gasteiger partial charge in [-0.05, 0) is 6.92 Å². The lowest BCUT2D eigenvalue weighted by molar-refractivity contribution is 0.0685. The molecular formula is C10H11N3O3S. The van der Waals surface area contributed by atoms with Gasteiger partial charge in [-0.15, -0.1) is 11.3 Å². The highest BCUT2D eigenvalue weighted by molar-refractivity contribution is 7.09. The Bertz CT molecular complexity index is 495. The van der Waals surface area contributed by atoms with E-state index in [2.05, 4.69) is 15.5 Å². The van der Waals surface area contributed by atoms with Gasteiger partial charge in [0.1, 0.15) is 5.01 Å². The van der Waals surface area contributed by atoms with Crippen molar-refractivity contribution in [3.05, 3.63) is 34.1 Å². The summed E-state index contributed by atoms with van der Waals surface area (Å²) in [5.74, 6) is -0.598. The van der Waals surface area contributed by atoms with E-state index in [1.54, 1.807) is 17.5 Å². The highest BCUT2D eigenvalue weighted by atomic mass is 32.1. The number of thiazole rings is 1. The molecule has 1 atom stereocenters. The van der Waals surface area contributed by atoms with Gasteiger partial charge in [0.15, 0.2) is 11.5 Å². The van der Waals surface area contributed by atoms with E-state index in [0.717, 1.165) is 5.01 Å². The fraction of sp³-hybridized carbons (Fsp3) is 0.300. The Morgan fingerprint density at radius 3 is 3.12 bits per heavy atom. The van der Waals surface area contributed by atoms with E-state index in [0.29, 0.717) is 12.3 Å². The molecule has 0 spiro atoms. The summed E-state index contributed by atoms with van der Waals surface area (Å²) in [6, 6.07) is 1.50. The third-order valence-electron chi connectivity index (χ3n) is 2.18. The van der Waals surface area contributed by atoms with Crippen LogP contribution in [0.4, 0.5) is 0 Å². The third-order valence-corrected chi connectivity index (χ3v) is 3.14. The van der Waals surface area contributed by atoms with Gasteiger partial charge in [-0.3, -0.25) is 0 Å². The SMILES string of the molecule is CC(NCc1cc(C(=O)O)no1)c1nccs1. The Kier molecular flexibility index (Phi) is 3.50. The second kappa shape index (κ2) is 5.07. The lowest BCUT2D eigenvalue weighted by atomic mass is 10.3. The standard InChI is InChI=1S/C10H11N3O3S/c1-6(9-11-2-3-17-9)12-5-7-4-8(10(14)15)13-16-7/h2-4,6,12H,5H2,1H3,(H,14,15). The van der Waals surface area contributed by atoms with Crippen molar-refractivity contribution >= 4 is 17.3 Å². The first-order valence-electron chi connectivity index (χ1n) is 4.98. The summed E-state index contributed by atoms with van der Waals surface area (Å²) in [6.07, 6.45) is 1.75. The van der Waals surface area contributed by atoms with Gasteiger partial charge in [0.2, 0.25) is 0 Å². The van der Waals surface area contributed by atoms with E-state index in [9.17, 15) is 4.79 Å². The first-order chi connectivity index (χ1) is 8.16. The van der Waals surface area contributed by atoms with Crippen molar-refractivity contribution in [3.63, 3.8) is 0 Å².